The van der Waals surface area contributed by atoms with Crippen molar-refractivity contribution in [3.63, 3.8) is 0 Å². The van der Waals surface area contributed by atoms with Crippen LogP contribution in [0.2, 0.25) is 0 Å². The van der Waals surface area contributed by atoms with E-state index in [1.807, 2.05) is 12.1 Å². The molecule has 2 N–H and O–H groups in total. The first-order valence-electron chi connectivity index (χ1n) is 12.5. The standard InChI is InChI=1S/C27H26F3N5O4S/c1-17-23(16-32)25(34-26(36)35(17)20-6-4-5-19(14-20)27(28,29)30)22-9-8-18(15-31)13-24(22)40(37,38)33-11-10-21-7-2-3-12-39-21/h4-6,8-9,13-14,21,25,33H,2-3,7,10-12H2,1H3,(H,34,36)/t21?,25-/m1/s1. The van der Waals surface area contributed by atoms with E-state index in [0.717, 1.165) is 48.4 Å². The average Bonchev–Trinajstić information content (AvgIpc) is 2.92. The maximum absolute atomic E-state index is 13.4. The molecule has 0 aromatic heterocycles. The number of carbonyl (C=O) groups excluding carboxylic acids is 1. The highest BCUT2D eigenvalue weighted by Gasteiger charge is 2.37. The number of carbonyl (C=O) groups is 1. The topological polar surface area (TPSA) is 135 Å². The van der Waals surface area contributed by atoms with Gasteiger partial charge >= 0.3 is 12.2 Å². The number of sulfonamides is 1. The highest BCUT2D eigenvalue weighted by atomic mass is 32.2. The lowest BCUT2D eigenvalue weighted by Gasteiger charge is -2.34. The molecule has 0 bridgehead atoms. The molecule has 40 heavy (non-hydrogen) atoms. The number of nitriles is 2. The third kappa shape index (κ3) is 6.12. The van der Waals surface area contributed by atoms with E-state index in [2.05, 4.69) is 10.0 Å². The van der Waals surface area contributed by atoms with Crippen LogP contribution >= 0.6 is 0 Å². The van der Waals surface area contributed by atoms with Crippen LogP contribution in [-0.2, 0) is 20.9 Å². The van der Waals surface area contributed by atoms with Crippen LogP contribution in [0.1, 0.15) is 55.3 Å². The van der Waals surface area contributed by atoms with Gasteiger partial charge < -0.3 is 10.1 Å². The summed E-state index contributed by atoms with van der Waals surface area (Å²) in [4.78, 5) is 13.8. The fraction of sp³-hybridized carbons (Fsp3) is 0.370. The maximum atomic E-state index is 13.4. The number of hydrogen-bond acceptors (Lipinski definition) is 6. The molecule has 1 unspecified atom stereocenters. The summed E-state index contributed by atoms with van der Waals surface area (Å²) in [6, 6.07) is 9.72. The lowest BCUT2D eigenvalue weighted by Crippen LogP contribution is -2.47. The minimum Gasteiger partial charge on any atom is -0.378 e. The van der Waals surface area contributed by atoms with Crippen molar-refractivity contribution in [2.24, 2.45) is 0 Å². The Kier molecular flexibility index (Phi) is 8.49. The van der Waals surface area contributed by atoms with Gasteiger partial charge in [-0.25, -0.2) is 17.9 Å². The van der Waals surface area contributed by atoms with Gasteiger partial charge in [-0.05, 0) is 68.5 Å². The first-order valence-corrected chi connectivity index (χ1v) is 14.0. The van der Waals surface area contributed by atoms with Gasteiger partial charge in [0.15, 0.2) is 0 Å². The van der Waals surface area contributed by atoms with Gasteiger partial charge in [-0.3, -0.25) is 4.90 Å². The average molecular weight is 574 g/mol. The van der Waals surface area contributed by atoms with Crippen molar-refractivity contribution in [1.82, 2.24) is 10.0 Å². The van der Waals surface area contributed by atoms with Crippen molar-refractivity contribution >= 4 is 21.7 Å². The van der Waals surface area contributed by atoms with Gasteiger partial charge in [-0.15, -0.1) is 0 Å². The zero-order valence-corrected chi connectivity index (χ0v) is 22.3. The number of rotatable bonds is 7. The molecule has 210 valence electrons. The Morgan fingerprint density at radius 1 is 1.15 bits per heavy atom. The molecule has 2 aliphatic rings. The van der Waals surface area contributed by atoms with E-state index in [0.29, 0.717) is 13.0 Å². The van der Waals surface area contributed by atoms with Crippen molar-refractivity contribution in [3.05, 3.63) is 70.4 Å². The second kappa shape index (κ2) is 11.7. The van der Waals surface area contributed by atoms with Crippen LogP contribution in [0.4, 0.5) is 23.7 Å². The molecule has 2 heterocycles. The molecule has 1 saturated heterocycles. The molecule has 2 aromatic rings. The van der Waals surface area contributed by atoms with Crippen molar-refractivity contribution in [2.75, 3.05) is 18.1 Å². The highest BCUT2D eigenvalue weighted by molar-refractivity contribution is 7.89. The largest absolute Gasteiger partial charge is 0.416 e. The molecule has 0 spiro atoms. The Morgan fingerprint density at radius 3 is 2.58 bits per heavy atom. The molecule has 1 fully saturated rings. The van der Waals surface area contributed by atoms with Gasteiger partial charge in [0.1, 0.15) is 0 Å². The monoisotopic (exact) mass is 573 g/mol. The van der Waals surface area contributed by atoms with Gasteiger partial charge in [0.25, 0.3) is 0 Å². The number of urea groups is 1. The van der Waals surface area contributed by atoms with E-state index in [1.165, 1.54) is 25.1 Å². The van der Waals surface area contributed by atoms with Crippen LogP contribution < -0.4 is 14.9 Å². The quantitative estimate of drug-likeness (QED) is 0.485. The predicted molar refractivity (Wildman–Crippen MR) is 138 cm³/mol. The number of hydrogen-bond donors (Lipinski definition) is 2. The third-order valence-corrected chi connectivity index (χ3v) is 8.33. The van der Waals surface area contributed by atoms with Crippen LogP contribution in [0.25, 0.3) is 0 Å². The van der Waals surface area contributed by atoms with E-state index in [-0.39, 0.29) is 45.6 Å². The predicted octanol–water partition coefficient (Wildman–Crippen LogP) is 4.88. The molecule has 2 aromatic carbocycles. The van der Waals surface area contributed by atoms with E-state index in [4.69, 9.17) is 4.74 Å². The Labute approximate surface area is 229 Å². The number of alkyl halides is 3. The first-order chi connectivity index (χ1) is 19.0. The molecule has 13 heteroatoms. The summed E-state index contributed by atoms with van der Waals surface area (Å²) in [5.74, 6) is 0. The molecule has 9 nitrogen and oxygen atoms in total. The van der Waals surface area contributed by atoms with Gasteiger partial charge in [0.05, 0.1) is 51.6 Å². The van der Waals surface area contributed by atoms with E-state index in [1.54, 1.807) is 0 Å². The Hall–Kier alpha value is -3.91. The van der Waals surface area contributed by atoms with Crippen molar-refractivity contribution in [1.29, 1.82) is 10.5 Å². The summed E-state index contributed by atoms with van der Waals surface area (Å²) < 4.78 is 74.8. The van der Waals surface area contributed by atoms with Crippen LogP contribution in [0.5, 0.6) is 0 Å². The molecule has 0 aliphatic carbocycles. The summed E-state index contributed by atoms with van der Waals surface area (Å²) in [6.45, 7) is 2.08. The summed E-state index contributed by atoms with van der Waals surface area (Å²) in [5.41, 5.74) is -1.05. The van der Waals surface area contributed by atoms with E-state index < -0.39 is 33.8 Å². The van der Waals surface area contributed by atoms with E-state index >= 15 is 0 Å². The van der Waals surface area contributed by atoms with Gasteiger partial charge in [-0.1, -0.05) is 12.1 Å². The molecule has 2 atom stereocenters. The maximum Gasteiger partial charge on any atom is 0.416 e. The molecule has 0 radical (unpaired) electrons. The number of nitrogens with zero attached hydrogens (tertiary/aromatic N) is 3. The fourth-order valence-electron chi connectivity index (χ4n) is 4.80. The van der Waals surface area contributed by atoms with Gasteiger partial charge in [0, 0.05) is 18.8 Å². The first kappa shape index (κ1) is 29.1. The fourth-order valence-corrected chi connectivity index (χ4v) is 6.12. The van der Waals surface area contributed by atoms with Crippen molar-refractivity contribution in [3.8, 4) is 12.1 Å². The minimum atomic E-state index is -4.65. The molecule has 2 amide bonds. The van der Waals surface area contributed by atoms with Crippen molar-refractivity contribution in [2.45, 2.75) is 55.8 Å². The zero-order chi connectivity index (χ0) is 29.1. The highest BCUT2D eigenvalue weighted by Crippen LogP contribution is 2.38. The van der Waals surface area contributed by atoms with Crippen LogP contribution in [0, 0.1) is 22.7 Å². The summed E-state index contributed by atoms with van der Waals surface area (Å²) in [5, 5.41) is 22.0. The number of halogens is 3. The molecule has 2 aliphatic heterocycles. The second-order valence-corrected chi connectivity index (χ2v) is 11.2. The Morgan fingerprint density at radius 2 is 1.93 bits per heavy atom. The Bertz CT molecular complexity index is 1520. The minimum absolute atomic E-state index is 0.0330. The van der Waals surface area contributed by atoms with Crippen molar-refractivity contribution < 1.29 is 31.1 Å². The number of nitrogens with one attached hydrogen (secondary N) is 2. The summed E-state index contributed by atoms with van der Waals surface area (Å²) >= 11 is 0. The number of anilines is 1. The number of allylic oxidation sites excluding steroid dienone is 1. The summed E-state index contributed by atoms with van der Waals surface area (Å²) in [7, 11) is -4.21. The number of ether oxygens (including phenoxy) is 1. The van der Waals surface area contributed by atoms with E-state index in [9.17, 15) is 36.9 Å². The number of amides is 2. The van der Waals surface area contributed by atoms with Crippen LogP contribution in [-0.4, -0.2) is 33.7 Å². The molecular weight excluding hydrogens is 547 g/mol. The normalized spacial score (nSPS) is 20.1. The van der Waals surface area contributed by atoms with Crippen LogP contribution in [0.15, 0.2) is 58.6 Å². The smallest absolute Gasteiger partial charge is 0.378 e. The lowest BCUT2D eigenvalue weighted by atomic mass is 9.94. The zero-order valence-electron chi connectivity index (χ0n) is 21.5. The second-order valence-electron chi connectivity index (χ2n) is 9.42. The Balaban J connectivity index is 1.70. The van der Waals surface area contributed by atoms with Crippen LogP contribution in [0.3, 0.4) is 0 Å². The third-order valence-electron chi connectivity index (χ3n) is 6.81. The molecule has 4 rings (SSSR count). The number of benzene rings is 2. The lowest BCUT2D eigenvalue weighted by molar-refractivity contribution is -0.137. The molecular formula is C27H26F3N5O4S. The molecule has 0 saturated carbocycles. The van der Waals surface area contributed by atoms with Gasteiger partial charge in [0.2, 0.25) is 10.0 Å². The van der Waals surface area contributed by atoms with Gasteiger partial charge in [-0.2, -0.15) is 23.7 Å². The summed E-state index contributed by atoms with van der Waals surface area (Å²) in [6.07, 6.45) is -1.50. The SMILES string of the molecule is CC1=C(C#N)[C@@H](c2ccc(C#N)cc2S(=O)(=O)NCCC2CCCCO2)NC(=O)N1c1cccc(C(F)(F)F)c1.